The average Bonchev–Trinajstić information content (AvgIpc) is 3.23. The van der Waals surface area contributed by atoms with E-state index in [4.69, 9.17) is 4.74 Å². The molecule has 0 bridgehead atoms. The SMILES string of the molecule is CCNC(=NCCS(=O)(=O)N1CCSCC1)NC1CCN(CC2CCOC2)CC1. The summed E-state index contributed by atoms with van der Waals surface area (Å²) in [7, 11) is -3.21. The van der Waals surface area contributed by atoms with Crippen LogP contribution in [0, 0.1) is 5.92 Å². The summed E-state index contributed by atoms with van der Waals surface area (Å²) in [5, 5.41) is 6.78. The van der Waals surface area contributed by atoms with Crippen molar-refractivity contribution in [1.29, 1.82) is 0 Å². The fourth-order valence-corrected chi connectivity index (χ4v) is 6.55. The zero-order valence-corrected chi connectivity index (χ0v) is 19.3. The third-order valence-electron chi connectivity index (χ3n) is 5.80. The van der Waals surface area contributed by atoms with Crippen LogP contribution in [0.5, 0.6) is 0 Å². The molecule has 2 N–H and O–H groups in total. The maximum atomic E-state index is 12.5. The van der Waals surface area contributed by atoms with E-state index in [2.05, 4.69) is 20.5 Å². The summed E-state index contributed by atoms with van der Waals surface area (Å²) in [6.45, 7) is 9.50. The third kappa shape index (κ3) is 7.57. The summed E-state index contributed by atoms with van der Waals surface area (Å²) >= 11 is 1.81. The number of piperidine rings is 1. The van der Waals surface area contributed by atoms with E-state index in [-0.39, 0.29) is 5.75 Å². The lowest BCUT2D eigenvalue weighted by Gasteiger charge is -2.34. The second-order valence-corrected chi connectivity index (χ2v) is 11.4. The van der Waals surface area contributed by atoms with Crippen molar-refractivity contribution in [3.05, 3.63) is 0 Å². The molecule has 29 heavy (non-hydrogen) atoms. The molecule has 8 nitrogen and oxygen atoms in total. The topological polar surface area (TPSA) is 86.3 Å². The van der Waals surface area contributed by atoms with Crippen LogP contribution in [0.15, 0.2) is 4.99 Å². The van der Waals surface area contributed by atoms with Gasteiger partial charge in [0.2, 0.25) is 10.0 Å². The van der Waals surface area contributed by atoms with Crippen molar-refractivity contribution in [2.24, 2.45) is 10.9 Å². The number of aliphatic imine (C=N–C) groups is 1. The Morgan fingerprint density at radius 2 is 1.93 bits per heavy atom. The number of ether oxygens (including phenoxy) is 1. The van der Waals surface area contributed by atoms with Gasteiger partial charge in [-0.1, -0.05) is 0 Å². The molecule has 1 unspecified atom stereocenters. The second kappa shape index (κ2) is 11.7. The van der Waals surface area contributed by atoms with Crippen molar-refractivity contribution >= 4 is 27.7 Å². The predicted octanol–water partition coefficient (Wildman–Crippen LogP) is 0.421. The smallest absolute Gasteiger partial charge is 0.215 e. The van der Waals surface area contributed by atoms with Crippen LogP contribution >= 0.6 is 11.8 Å². The van der Waals surface area contributed by atoms with E-state index in [1.165, 1.54) is 6.42 Å². The quantitative estimate of drug-likeness (QED) is 0.412. The Kier molecular flexibility index (Phi) is 9.36. The molecule has 3 aliphatic heterocycles. The first-order valence-corrected chi connectivity index (χ1v) is 13.7. The summed E-state index contributed by atoms with van der Waals surface area (Å²) < 4.78 is 32.1. The Morgan fingerprint density at radius 3 is 2.59 bits per heavy atom. The molecule has 0 radical (unpaired) electrons. The lowest BCUT2D eigenvalue weighted by molar-refractivity contribution is 0.150. The molecule has 3 heterocycles. The van der Waals surface area contributed by atoms with Gasteiger partial charge in [-0.3, -0.25) is 4.99 Å². The first kappa shape index (κ1) is 23.1. The van der Waals surface area contributed by atoms with Gasteiger partial charge in [-0.05, 0) is 32.1 Å². The minimum absolute atomic E-state index is 0.0795. The van der Waals surface area contributed by atoms with E-state index in [1.807, 2.05) is 18.7 Å². The zero-order chi connectivity index (χ0) is 20.5. The molecular formula is C19H37N5O3S2. The van der Waals surface area contributed by atoms with Gasteiger partial charge in [-0.25, -0.2) is 12.7 Å². The molecule has 0 aromatic rings. The number of likely N-dealkylation sites (tertiary alicyclic amines) is 1. The molecule has 168 valence electrons. The van der Waals surface area contributed by atoms with Crippen molar-refractivity contribution in [2.75, 3.05) is 76.3 Å². The van der Waals surface area contributed by atoms with E-state index in [0.29, 0.717) is 31.6 Å². The molecule has 3 aliphatic rings. The van der Waals surface area contributed by atoms with Crippen molar-refractivity contribution in [3.8, 4) is 0 Å². The number of thioether (sulfide) groups is 1. The van der Waals surface area contributed by atoms with Gasteiger partial charge in [0.05, 0.1) is 18.9 Å². The Hall–Kier alpha value is -0.550. The molecule has 3 saturated heterocycles. The van der Waals surface area contributed by atoms with Crippen LogP contribution < -0.4 is 10.6 Å². The van der Waals surface area contributed by atoms with Crippen molar-refractivity contribution in [1.82, 2.24) is 19.8 Å². The Bertz CT molecular complexity index is 611. The first-order valence-electron chi connectivity index (χ1n) is 11.0. The normalized spacial score (nSPS) is 26.0. The largest absolute Gasteiger partial charge is 0.381 e. The van der Waals surface area contributed by atoms with Gasteiger partial charge in [-0.15, -0.1) is 0 Å². The number of sulfonamides is 1. The summed E-state index contributed by atoms with van der Waals surface area (Å²) in [6.07, 6.45) is 3.36. The lowest BCUT2D eigenvalue weighted by atomic mass is 10.0. The highest BCUT2D eigenvalue weighted by molar-refractivity contribution is 7.99. The van der Waals surface area contributed by atoms with Gasteiger partial charge in [0.15, 0.2) is 5.96 Å². The highest BCUT2D eigenvalue weighted by Crippen LogP contribution is 2.18. The molecule has 0 aliphatic carbocycles. The molecule has 0 aromatic heterocycles. The van der Waals surface area contributed by atoms with Crippen LogP contribution in [0.2, 0.25) is 0 Å². The zero-order valence-electron chi connectivity index (χ0n) is 17.6. The highest BCUT2D eigenvalue weighted by atomic mass is 32.2. The average molecular weight is 448 g/mol. The minimum Gasteiger partial charge on any atom is -0.381 e. The molecule has 0 spiro atoms. The number of hydrogen-bond donors (Lipinski definition) is 2. The summed E-state index contributed by atoms with van der Waals surface area (Å²) in [5.41, 5.74) is 0. The number of rotatable bonds is 8. The van der Waals surface area contributed by atoms with Crippen LogP contribution in [-0.2, 0) is 14.8 Å². The molecule has 0 saturated carbocycles. The van der Waals surface area contributed by atoms with Crippen molar-refractivity contribution in [3.63, 3.8) is 0 Å². The lowest BCUT2D eigenvalue weighted by Crippen LogP contribution is -2.49. The maximum absolute atomic E-state index is 12.5. The van der Waals surface area contributed by atoms with Gasteiger partial charge in [0.1, 0.15) is 0 Å². The molecular weight excluding hydrogens is 410 g/mol. The van der Waals surface area contributed by atoms with Gasteiger partial charge in [0.25, 0.3) is 0 Å². The monoisotopic (exact) mass is 447 g/mol. The fraction of sp³-hybridized carbons (Fsp3) is 0.947. The number of nitrogens with zero attached hydrogens (tertiary/aromatic N) is 3. The van der Waals surface area contributed by atoms with Gasteiger partial charge < -0.3 is 20.3 Å². The Morgan fingerprint density at radius 1 is 1.17 bits per heavy atom. The van der Waals surface area contributed by atoms with Gasteiger partial charge >= 0.3 is 0 Å². The van der Waals surface area contributed by atoms with Crippen LogP contribution in [0.1, 0.15) is 26.2 Å². The van der Waals surface area contributed by atoms with E-state index in [0.717, 1.165) is 69.7 Å². The van der Waals surface area contributed by atoms with Crippen molar-refractivity contribution in [2.45, 2.75) is 32.2 Å². The molecule has 0 aromatic carbocycles. The first-order chi connectivity index (χ1) is 14.1. The minimum atomic E-state index is -3.21. The summed E-state index contributed by atoms with van der Waals surface area (Å²) in [5.74, 6) is 3.28. The van der Waals surface area contributed by atoms with E-state index >= 15 is 0 Å². The fourth-order valence-electron chi connectivity index (χ4n) is 4.09. The van der Waals surface area contributed by atoms with Gasteiger partial charge in [0, 0.05) is 63.4 Å². The predicted molar refractivity (Wildman–Crippen MR) is 120 cm³/mol. The standard InChI is InChI=1S/C19H37N5O3S2/c1-2-20-19(21-6-14-29(25,26)24-9-12-28-13-10-24)22-18-3-7-23(8-4-18)15-17-5-11-27-16-17/h17-18H,2-16H2,1H3,(H2,20,21,22). The summed E-state index contributed by atoms with van der Waals surface area (Å²) in [6, 6.07) is 0.389. The molecule has 10 heteroatoms. The second-order valence-electron chi connectivity index (χ2n) is 8.04. The van der Waals surface area contributed by atoms with Crippen LogP contribution in [0.4, 0.5) is 0 Å². The highest BCUT2D eigenvalue weighted by Gasteiger charge is 2.25. The number of nitrogens with one attached hydrogen (secondary N) is 2. The van der Waals surface area contributed by atoms with E-state index < -0.39 is 10.0 Å². The van der Waals surface area contributed by atoms with E-state index in [9.17, 15) is 8.42 Å². The van der Waals surface area contributed by atoms with Crippen molar-refractivity contribution < 1.29 is 13.2 Å². The number of guanidine groups is 1. The Labute approximate surface area is 180 Å². The number of hydrogen-bond acceptors (Lipinski definition) is 6. The molecule has 3 fully saturated rings. The maximum Gasteiger partial charge on any atom is 0.215 e. The third-order valence-corrected chi connectivity index (χ3v) is 8.59. The summed E-state index contributed by atoms with van der Waals surface area (Å²) in [4.78, 5) is 7.09. The van der Waals surface area contributed by atoms with Crippen LogP contribution in [0.3, 0.4) is 0 Å². The van der Waals surface area contributed by atoms with Crippen LogP contribution in [-0.4, -0.2) is 106 Å². The van der Waals surface area contributed by atoms with E-state index in [1.54, 1.807) is 4.31 Å². The van der Waals surface area contributed by atoms with Gasteiger partial charge in [-0.2, -0.15) is 11.8 Å². The molecule has 0 amide bonds. The van der Waals surface area contributed by atoms with Crippen LogP contribution in [0.25, 0.3) is 0 Å². The molecule has 1 atom stereocenters. The Balaban J connectivity index is 1.42. The molecule has 3 rings (SSSR count).